The predicted molar refractivity (Wildman–Crippen MR) is 75.7 cm³/mol. The van der Waals surface area contributed by atoms with Crippen LogP contribution in [0.5, 0.6) is 0 Å². The fourth-order valence-electron chi connectivity index (χ4n) is 2.50. The van der Waals surface area contributed by atoms with Gasteiger partial charge in [0.1, 0.15) is 0 Å². The summed E-state index contributed by atoms with van der Waals surface area (Å²) in [5.41, 5.74) is 4.20. The monoisotopic (exact) mass is 247 g/mol. The van der Waals surface area contributed by atoms with Gasteiger partial charge in [-0.25, -0.2) is 0 Å². The first-order chi connectivity index (χ1) is 8.70. The number of hydrogen-bond acceptors (Lipinski definition) is 2. The predicted octanol–water partition coefficient (Wildman–Crippen LogP) is 3.04. The Kier molecular flexibility index (Phi) is 4.79. The molecule has 1 aliphatic rings. The van der Waals surface area contributed by atoms with Crippen LogP contribution in [0.2, 0.25) is 0 Å². The molecule has 0 heterocycles. The summed E-state index contributed by atoms with van der Waals surface area (Å²) in [7, 11) is 0. The third-order valence-corrected chi connectivity index (χ3v) is 3.79. The van der Waals surface area contributed by atoms with Gasteiger partial charge in [0.05, 0.1) is 0 Å². The van der Waals surface area contributed by atoms with Crippen LogP contribution in [0.4, 0.5) is 0 Å². The van der Waals surface area contributed by atoms with Crippen LogP contribution in [0.1, 0.15) is 42.4 Å². The fourth-order valence-corrected chi connectivity index (χ4v) is 2.50. The van der Waals surface area contributed by atoms with Crippen LogP contribution in [0, 0.1) is 13.8 Å². The van der Waals surface area contributed by atoms with Crippen molar-refractivity contribution in [1.82, 2.24) is 4.90 Å². The fraction of sp³-hybridized carbons (Fsp3) is 0.625. The van der Waals surface area contributed by atoms with E-state index in [9.17, 15) is 0 Å². The topological polar surface area (TPSA) is 23.5 Å². The Morgan fingerprint density at radius 2 is 2.00 bits per heavy atom. The minimum absolute atomic E-state index is 0.321. The van der Waals surface area contributed by atoms with Gasteiger partial charge in [-0.05, 0) is 57.2 Å². The summed E-state index contributed by atoms with van der Waals surface area (Å²) >= 11 is 0. The first kappa shape index (κ1) is 13.6. The molecule has 0 spiro atoms. The van der Waals surface area contributed by atoms with Crippen molar-refractivity contribution in [3.63, 3.8) is 0 Å². The minimum atomic E-state index is 0.321. The van der Waals surface area contributed by atoms with Crippen molar-refractivity contribution in [2.24, 2.45) is 0 Å². The lowest BCUT2D eigenvalue weighted by atomic mass is 10.1. The smallest absolute Gasteiger partial charge is 0.0431 e. The highest BCUT2D eigenvalue weighted by Gasteiger charge is 2.28. The average molecular weight is 247 g/mol. The van der Waals surface area contributed by atoms with Crippen LogP contribution in [-0.2, 0) is 6.54 Å². The lowest BCUT2D eigenvalue weighted by molar-refractivity contribution is 0.228. The summed E-state index contributed by atoms with van der Waals surface area (Å²) in [6, 6.07) is 7.55. The van der Waals surface area contributed by atoms with Gasteiger partial charge in [0.2, 0.25) is 0 Å². The van der Waals surface area contributed by atoms with E-state index in [0.717, 1.165) is 32.0 Å². The molecule has 2 heteroatoms. The molecule has 0 saturated heterocycles. The first-order valence-corrected chi connectivity index (χ1v) is 7.11. The van der Waals surface area contributed by atoms with E-state index in [1.165, 1.54) is 29.5 Å². The highest BCUT2D eigenvalue weighted by molar-refractivity contribution is 5.30. The van der Waals surface area contributed by atoms with Gasteiger partial charge in [-0.2, -0.15) is 0 Å². The lowest BCUT2D eigenvalue weighted by Crippen LogP contribution is -2.27. The van der Waals surface area contributed by atoms with Crippen LogP contribution in [-0.4, -0.2) is 29.2 Å². The van der Waals surface area contributed by atoms with E-state index in [0.29, 0.717) is 6.61 Å². The van der Waals surface area contributed by atoms with Crippen molar-refractivity contribution in [3.05, 3.63) is 34.9 Å². The Morgan fingerprint density at radius 3 is 2.61 bits per heavy atom. The van der Waals surface area contributed by atoms with E-state index >= 15 is 0 Å². The maximum absolute atomic E-state index is 8.88. The molecule has 0 atom stereocenters. The van der Waals surface area contributed by atoms with Crippen molar-refractivity contribution in [2.75, 3.05) is 13.2 Å². The summed E-state index contributed by atoms with van der Waals surface area (Å²) in [6.45, 7) is 6.88. The highest BCUT2D eigenvalue weighted by atomic mass is 16.2. The highest BCUT2D eigenvalue weighted by Crippen LogP contribution is 2.29. The molecule has 2 nitrogen and oxygen atoms in total. The number of aliphatic hydroxyl groups is 1. The molecule has 0 radical (unpaired) electrons. The van der Waals surface area contributed by atoms with Crippen molar-refractivity contribution in [1.29, 1.82) is 0 Å². The third kappa shape index (κ3) is 3.82. The molecular formula is C16H25NO. The molecule has 1 N–H and O–H groups in total. The number of rotatable bonds is 7. The standard InChI is InChI=1S/C16H25NO/c1-13-5-6-15(14(2)11-13)12-17(16-7-8-16)9-3-4-10-18/h5-6,11,16,18H,3-4,7-10,12H2,1-2H3. The Labute approximate surface area is 111 Å². The molecule has 1 fully saturated rings. The molecule has 0 bridgehead atoms. The molecule has 0 aliphatic heterocycles. The van der Waals surface area contributed by atoms with Crippen LogP contribution in [0.3, 0.4) is 0 Å². The molecule has 1 aromatic carbocycles. The van der Waals surface area contributed by atoms with Gasteiger partial charge in [0.15, 0.2) is 0 Å². The summed E-state index contributed by atoms with van der Waals surface area (Å²) in [5, 5.41) is 8.88. The molecule has 100 valence electrons. The SMILES string of the molecule is Cc1ccc(CN(CCCCO)C2CC2)c(C)c1. The Balaban J connectivity index is 1.95. The van der Waals surface area contributed by atoms with Crippen molar-refractivity contribution in [3.8, 4) is 0 Å². The molecule has 2 rings (SSSR count). The van der Waals surface area contributed by atoms with Gasteiger partial charge in [0.25, 0.3) is 0 Å². The zero-order chi connectivity index (χ0) is 13.0. The molecule has 1 saturated carbocycles. The van der Waals surface area contributed by atoms with E-state index in [-0.39, 0.29) is 0 Å². The van der Waals surface area contributed by atoms with E-state index in [1.54, 1.807) is 0 Å². The van der Waals surface area contributed by atoms with Gasteiger partial charge >= 0.3 is 0 Å². The number of benzene rings is 1. The van der Waals surface area contributed by atoms with Crippen LogP contribution in [0.25, 0.3) is 0 Å². The number of nitrogens with zero attached hydrogens (tertiary/aromatic N) is 1. The van der Waals surface area contributed by atoms with Gasteiger partial charge in [-0.1, -0.05) is 23.8 Å². The van der Waals surface area contributed by atoms with E-state index < -0.39 is 0 Å². The summed E-state index contributed by atoms with van der Waals surface area (Å²) < 4.78 is 0. The Bertz CT molecular complexity index is 385. The molecule has 18 heavy (non-hydrogen) atoms. The molecule has 1 aliphatic carbocycles. The molecular weight excluding hydrogens is 222 g/mol. The third-order valence-electron chi connectivity index (χ3n) is 3.79. The largest absolute Gasteiger partial charge is 0.396 e. The number of aryl methyl sites for hydroxylation is 2. The molecule has 1 aromatic rings. The maximum Gasteiger partial charge on any atom is 0.0431 e. The minimum Gasteiger partial charge on any atom is -0.396 e. The Hall–Kier alpha value is -0.860. The summed E-state index contributed by atoms with van der Waals surface area (Å²) in [4.78, 5) is 2.59. The van der Waals surface area contributed by atoms with E-state index in [4.69, 9.17) is 5.11 Å². The first-order valence-electron chi connectivity index (χ1n) is 7.11. The summed E-state index contributed by atoms with van der Waals surface area (Å²) in [5.74, 6) is 0. The van der Waals surface area contributed by atoms with E-state index in [2.05, 4.69) is 36.9 Å². The van der Waals surface area contributed by atoms with E-state index in [1.807, 2.05) is 0 Å². The van der Waals surface area contributed by atoms with Crippen LogP contribution >= 0.6 is 0 Å². The molecule has 0 aromatic heterocycles. The van der Waals surface area contributed by atoms with Crippen molar-refractivity contribution in [2.45, 2.75) is 52.1 Å². The number of unbranched alkanes of at least 4 members (excludes halogenated alkanes) is 1. The second kappa shape index (κ2) is 6.35. The maximum atomic E-state index is 8.88. The second-order valence-corrected chi connectivity index (χ2v) is 5.56. The Morgan fingerprint density at radius 1 is 1.22 bits per heavy atom. The molecule has 0 amide bonds. The van der Waals surface area contributed by atoms with Gasteiger partial charge in [-0.3, -0.25) is 4.90 Å². The van der Waals surface area contributed by atoms with Gasteiger partial charge < -0.3 is 5.11 Å². The zero-order valence-electron chi connectivity index (χ0n) is 11.7. The molecule has 0 unspecified atom stereocenters. The zero-order valence-corrected chi connectivity index (χ0v) is 11.7. The number of aliphatic hydroxyl groups excluding tert-OH is 1. The van der Waals surface area contributed by atoms with Gasteiger partial charge in [0, 0.05) is 19.2 Å². The second-order valence-electron chi connectivity index (χ2n) is 5.56. The normalized spacial score (nSPS) is 15.3. The van der Waals surface area contributed by atoms with Gasteiger partial charge in [-0.15, -0.1) is 0 Å². The van der Waals surface area contributed by atoms with Crippen molar-refractivity contribution < 1.29 is 5.11 Å². The van der Waals surface area contributed by atoms with Crippen molar-refractivity contribution >= 4 is 0 Å². The lowest BCUT2D eigenvalue weighted by Gasteiger charge is -2.23. The number of hydrogen-bond donors (Lipinski definition) is 1. The summed E-state index contributed by atoms with van der Waals surface area (Å²) in [6.07, 6.45) is 4.74. The van der Waals surface area contributed by atoms with Crippen LogP contribution in [0.15, 0.2) is 18.2 Å². The quantitative estimate of drug-likeness (QED) is 0.749. The average Bonchev–Trinajstić information content (AvgIpc) is 3.15. The van der Waals surface area contributed by atoms with Crippen LogP contribution < -0.4 is 0 Å².